The summed E-state index contributed by atoms with van der Waals surface area (Å²) in [4.78, 5) is 0. The van der Waals surface area contributed by atoms with Gasteiger partial charge in [0.1, 0.15) is 0 Å². The van der Waals surface area contributed by atoms with E-state index in [1.165, 1.54) is 66.9 Å². The minimum absolute atomic E-state index is 0.534. The van der Waals surface area contributed by atoms with Gasteiger partial charge in [-0.05, 0) is 53.3 Å². The second kappa shape index (κ2) is 12.5. The van der Waals surface area contributed by atoms with Gasteiger partial charge < -0.3 is 5.32 Å². The number of hydrogen-bond acceptors (Lipinski definition) is 1. The highest BCUT2D eigenvalue weighted by molar-refractivity contribution is 14.1. The molecule has 1 unspecified atom stereocenters. The number of hydrogen-bond donors (Lipinski definition) is 1. The molecule has 2 heteroatoms. The lowest BCUT2D eigenvalue weighted by Crippen LogP contribution is -2.20. The highest BCUT2D eigenvalue weighted by Crippen LogP contribution is 2.21. The maximum Gasteiger partial charge on any atom is 0.0320 e. The third-order valence-electron chi connectivity index (χ3n) is 4.07. The van der Waals surface area contributed by atoms with Gasteiger partial charge >= 0.3 is 0 Å². The quantitative estimate of drug-likeness (QED) is 0.313. The fourth-order valence-corrected chi connectivity index (χ4v) is 3.17. The average molecular weight is 401 g/mol. The largest absolute Gasteiger partial charge is 0.310 e. The zero-order valence-electron chi connectivity index (χ0n) is 13.8. The minimum Gasteiger partial charge on any atom is -0.310 e. The van der Waals surface area contributed by atoms with E-state index in [9.17, 15) is 0 Å². The van der Waals surface area contributed by atoms with Gasteiger partial charge in [0.15, 0.2) is 0 Å². The SMILES string of the molecule is CCCCCCCCCCC(NCC)c1ccc(I)cc1. The fraction of sp³-hybridized carbons (Fsp3) is 0.684. The molecule has 1 aromatic carbocycles. The van der Waals surface area contributed by atoms with Crippen molar-refractivity contribution in [2.75, 3.05) is 6.54 Å². The van der Waals surface area contributed by atoms with Crippen molar-refractivity contribution in [3.8, 4) is 0 Å². The Bertz CT molecular complexity index is 347. The van der Waals surface area contributed by atoms with Crippen molar-refractivity contribution in [2.45, 2.75) is 77.7 Å². The summed E-state index contributed by atoms with van der Waals surface area (Å²) in [6.07, 6.45) is 12.5. The van der Waals surface area contributed by atoms with Crippen molar-refractivity contribution >= 4 is 22.6 Å². The van der Waals surface area contributed by atoms with Crippen LogP contribution in [0.15, 0.2) is 24.3 Å². The van der Waals surface area contributed by atoms with Gasteiger partial charge in [-0.3, -0.25) is 0 Å². The predicted octanol–water partition coefficient (Wildman–Crippen LogP) is 6.47. The third-order valence-corrected chi connectivity index (χ3v) is 4.79. The average Bonchev–Trinajstić information content (AvgIpc) is 2.50. The monoisotopic (exact) mass is 401 g/mol. The van der Waals surface area contributed by atoms with Crippen LogP contribution in [0, 0.1) is 3.57 Å². The van der Waals surface area contributed by atoms with Crippen LogP contribution < -0.4 is 5.32 Å². The van der Waals surface area contributed by atoms with Crippen LogP contribution in [0.25, 0.3) is 0 Å². The second-order valence-electron chi connectivity index (χ2n) is 5.93. The number of nitrogens with one attached hydrogen (secondary N) is 1. The van der Waals surface area contributed by atoms with Crippen molar-refractivity contribution in [2.24, 2.45) is 0 Å². The van der Waals surface area contributed by atoms with E-state index >= 15 is 0 Å². The molecule has 0 fully saturated rings. The van der Waals surface area contributed by atoms with Gasteiger partial charge in [0.2, 0.25) is 0 Å². The fourth-order valence-electron chi connectivity index (χ4n) is 2.81. The first-order valence-corrected chi connectivity index (χ1v) is 9.84. The molecule has 0 bridgehead atoms. The van der Waals surface area contributed by atoms with E-state index in [4.69, 9.17) is 0 Å². The summed E-state index contributed by atoms with van der Waals surface area (Å²) in [5.74, 6) is 0. The molecule has 120 valence electrons. The lowest BCUT2D eigenvalue weighted by atomic mass is 9.99. The molecule has 0 aliphatic rings. The predicted molar refractivity (Wildman–Crippen MR) is 103 cm³/mol. The van der Waals surface area contributed by atoms with Gasteiger partial charge in [-0.15, -0.1) is 0 Å². The molecule has 1 rings (SSSR count). The molecule has 0 heterocycles. The lowest BCUT2D eigenvalue weighted by molar-refractivity contribution is 0.475. The lowest BCUT2D eigenvalue weighted by Gasteiger charge is -2.18. The van der Waals surface area contributed by atoms with Crippen LogP contribution in [0.5, 0.6) is 0 Å². The molecule has 1 atom stereocenters. The first-order chi connectivity index (χ1) is 10.3. The normalized spacial score (nSPS) is 12.5. The molecule has 1 nitrogen and oxygen atoms in total. The van der Waals surface area contributed by atoms with Gasteiger partial charge in [-0.2, -0.15) is 0 Å². The first-order valence-electron chi connectivity index (χ1n) is 8.76. The van der Waals surface area contributed by atoms with Crippen LogP contribution in [0.1, 0.15) is 83.2 Å². The van der Waals surface area contributed by atoms with Gasteiger partial charge in [0.25, 0.3) is 0 Å². The molecule has 0 amide bonds. The number of benzene rings is 1. The highest BCUT2D eigenvalue weighted by Gasteiger charge is 2.09. The minimum atomic E-state index is 0.534. The van der Waals surface area contributed by atoms with Crippen LogP contribution in [-0.2, 0) is 0 Å². The van der Waals surface area contributed by atoms with Crippen molar-refractivity contribution in [1.82, 2.24) is 5.32 Å². The molecule has 0 radical (unpaired) electrons. The third kappa shape index (κ3) is 8.82. The second-order valence-corrected chi connectivity index (χ2v) is 7.17. The molecule has 0 aliphatic heterocycles. The van der Waals surface area contributed by atoms with Crippen LogP contribution in [0.2, 0.25) is 0 Å². The molecular formula is C19H32IN. The zero-order valence-corrected chi connectivity index (χ0v) is 16.0. The van der Waals surface area contributed by atoms with Gasteiger partial charge in [-0.25, -0.2) is 0 Å². The summed E-state index contributed by atoms with van der Waals surface area (Å²) in [6.45, 7) is 5.53. The molecule has 0 saturated heterocycles. The van der Waals surface area contributed by atoms with Gasteiger partial charge in [0.05, 0.1) is 0 Å². The summed E-state index contributed by atoms with van der Waals surface area (Å²) < 4.78 is 1.32. The van der Waals surface area contributed by atoms with Crippen molar-refractivity contribution in [3.63, 3.8) is 0 Å². The molecule has 21 heavy (non-hydrogen) atoms. The molecule has 1 N–H and O–H groups in total. The van der Waals surface area contributed by atoms with Crippen molar-refractivity contribution in [3.05, 3.63) is 33.4 Å². The number of rotatable bonds is 12. The smallest absolute Gasteiger partial charge is 0.0320 e. The Morgan fingerprint density at radius 2 is 1.43 bits per heavy atom. The Kier molecular flexibility index (Phi) is 11.2. The first kappa shape index (κ1) is 19.0. The topological polar surface area (TPSA) is 12.0 Å². The van der Waals surface area contributed by atoms with E-state index < -0.39 is 0 Å². The van der Waals surface area contributed by atoms with Crippen LogP contribution in [-0.4, -0.2) is 6.54 Å². The Labute approximate surface area is 145 Å². The van der Waals surface area contributed by atoms with Crippen molar-refractivity contribution < 1.29 is 0 Å². The standard InChI is InChI=1S/C19H32IN/c1-3-5-6-7-8-9-10-11-12-19(21-4-2)17-13-15-18(20)16-14-17/h13-16,19,21H,3-12H2,1-2H3. The van der Waals surface area contributed by atoms with Gasteiger partial charge in [-0.1, -0.05) is 77.3 Å². The Balaban J connectivity index is 2.21. The summed E-state index contributed by atoms with van der Waals surface area (Å²) >= 11 is 2.37. The Morgan fingerprint density at radius 3 is 2.00 bits per heavy atom. The highest BCUT2D eigenvalue weighted by atomic mass is 127. The summed E-state index contributed by atoms with van der Waals surface area (Å²) in [6, 6.07) is 9.52. The van der Waals surface area contributed by atoms with Crippen LogP contribution in [0.3, 0.4) is 0 Å². The van der Waals surface area contributed by atoms with E-state index in [0.717, 1.165) is 6.54 Å². The van der Waals surface area contributed by atoms with E-state index in [1.807, 2.05) is 0 Å². The molecule has 0 saturated carbocycles. The Hall–Kier alpha value is -0.0900. The molecule has 0 aromatic heterocycles. The Morgan fingerprint density at radius 1 is 0.857 bits per heavy atom. The van der Waals surface area contributed by atoms with E-state index in [-0.39, 0.29) is 0 Å². The van der Waals surface area contributed by atoms with Gasteiger partial charge in [0, 0.05) is 9.61 Å². The van der Waals surface area contributed by atoms with Crippen molar-refractivity contribution in [1.29, 1.82) is 0 Å². The molecule has 1 aromatic rings. The maximum absolute atomic E-state index is 3.63. The maximum atomic E-state index is 3.63. The van der Waals surface area contributed by atoms with Crippen LogP contribution >= 0.6 is 22.6 Å². The summed E-state index contributed by atoms with van der Waals surface area (Å²) in [5.41, 5.74) is 1.44. The molecule has 0 aliphatic carbocycles. The summed E-state index contributed by atoms with van der Waals surface area (Å²) in [7, 11) is 0. The molecular weight excluding hydrogens is 369 g/mol. The number of unbranched alkanes of at least 4 members (excludes halogenated alkanes) is 7. The van der Waals surface area contributed by atoms with E-state index in [1.54, 1.807) is 0 Å². The molecule has 0 spiro atoms. The van der Waals surface area contributed by atoms with E-state index in [2.05, 4.69) is 66.0 Å². The zero-order chi connectivity index (χ0) is 15.3. The van der Waals surface area contributed by atoms with E-state index in [0.29, 0.717) is 6.04 Å². The number of halogens is 1. The summed E-state index contributed by atoms with van der Waals surface area (Å²) in [5, 5.41) is 3.63. The van der Waals surface area contributed by atoms with Crippen LogP contribution in [0.4, 0.5) is 0 Å².